The lowest BCUT2D eigenvalue weighted by molar-refractivity contribution is -0.143. The summed E-state index contributed by atoms with van der Waals surface area (Å²) < 4.78 is 9.87. The Bertz CT molecular complexity index is 665. The molecule has 0 aliphatic rings. The van der Waals surface area contributed by atoms with Gasteiger partial charge < -0.3 is 14.2 Å². The van der Waals surface area contributed by atoms with E-state index in [9.17, 15) is 9.59 Å². The van der Waals surface area contributed by atoms with Gasteiger partial charge >= 0.3 is 5.97 Å². The number of carbonyl (C=O) groups excluding carboxylic acids is 2. The lowest BCUT2D eigenvalue weighted by atomic mass is 10.2. The van der Waals surface area contributed by atoms with Crippen LogP contribution in [0.5, 0.6) is 0 Å². The zero-order chi connectivity index (χ0) is 15.4. The number of aromatic nitrogens is 2. The van der Waals surface area contributed by atoms with Gasteiger partial charge in [-0.3, -0.25) is 9.59 Å². The minimum absolute atomic E-state index is 0.0795. The molecule has 0 aliphatic carbocycles. The lowest BCUT2D eigenvalue weighted by Crippen LogP contribution is -2.36. The van der Waals surface area contributed by atoms with Crippen LogP contribution in [-0.2, 0) is 9.53 Å². The van der Waals surface area contributed by atoms with E-state index in [1.807, 2.05) is 0 Å². The van der Waals surface area contributed by atoms with Crippen molar-refractivity contribution in [3.05, 3.63) is 23.5 Å². The first kappa shape index (κ1) is 15.0. The summed E-state index contributed by atoms with van der Waals surface area (Å²) in [5.74, 6) is -0.705. The molecule has 0 spiro atoms. The van der Waals surface area contributed by atoms with Crippen molar-refractivity contribution in [2.75, 3.05) is 19.7 Å². The van der Waals surface area contributed by atoms with E-state index in [1.54, 1.807) is 26.8 Å². The molecule has 2 heterocycles. The Morgan fingerprint density at radius 3 is 2.81 bits per heavy atom. The third kappa shape index (κ3) is 3.18. The maximum atomic E-state index is 12.4. The molecule has 0 bridgehead atoms. The fourth-order valence-electron chi connectivity index (χ4n) is 1.93. The summed E-state index contributed by atoms with van der Waals surface area (Å²) >= 11 is 0. The fraction of sp³-hybridized carbons (Fsp3) is 0.429. The number of aryl methyl sites for hydroxylation is 1. The number of esters is 1. The van der Waals surface area contributed by atoms with Gasteiger partial charge in [-0.15, -0.1) is 0 Å². The second kappa shape index (κ2) is 6.34. The predicted octanol–water partition coefficient (Wildman–Crippen LogP) is 1.56. The van der Waals surface area contributed by atoms with Crippen LogP contribution in [-0.4, -0.2) is 46.6 Å². The molecule has 0 aliphatic heterocycles. The zero-order valence-electron chi connectivity index (χ0n) is 12.3. The molecule has 7 heteroatoms. The number of amides is 1. The van der Waals surface area contributed by atoms with E-state index in [-0.39, 0.29) is 19.1 Å². The summed E-state index contributed by atoms with van der Waals surface area (Å²) in [6, 6.07) is 1.67. The first-order valence-corrected chi connectivity index (χ1v) is 6.73. The molecule has 0 fully saturated rings. The molecule has 2 aromatic rings. The number of pyridine rings is 1. The van der Waals surface area contributed by atoms with Crippen molar-refractivity contribution in [1.29, 1.82) is 0 Å². The molecular weight excluding hydrogens is 274 g/mol. The summed E-state index contributed by atoms with van der Waals surface area (Å²) in [4.78, 5) is 29.4. The quantitative estimate of drug-likeness (QED) is 0.777. The highest BCUT2D eigenvalue weighted by molar-refractivity contribution is 5.98. The van der Waals surface area contributed by atoms with E-state index >= 15 is 0 Å². The van der Waals surface area contributed by atoms with E-state index in [0.717, 1.165) is 0 Å². The average molecular weight is 291 g/mol. The normalized spacial score (nSPS) is 10.6. The molecule has 21 heavy (non-hydrogen) atoms. The minimum Gasteiger partial charge on any atom is -0.465 e. The van der Waals surface area contributed by atoms with Gasteiger partial charge in [-0.05, 0) is 26.8 Å². The number of carbonyl (C=O) groups is 2. The van der Waals surface area contributed by atoms with Crippen molar-refractivity contribution in [1.82, 2.24) is 15.0 Å². The number of rotatable bonds is 5. The molecule has 0 aromatic carbocycles. The third-order valence-electron chi connectivity index (χ3n) is 3.05. The smallest absolute Gasteiger partial charge is 0.325 e. The van der Waals surface area contributed by atoms with Crippen molar-refractivity contribution in [3.63, 3.8) is 0 Å². The maximum Gasteiger partial charge on any atom is 0.325 e. The molecule has 0 radical (unpaired) electrons. The fourth-order valence-corrected chi connectivity index (χ4v) is 1.93. The Morgan fingerprint density at radius 1 is 1.38 bits per heavy atom. The summed E-state index contributed by atoms with van der Waals surface area (Å²) in [5.41, 5.74) is 1.44. The number of hydrogen-bond acceptors (Lipinski definition) is 6. The first-order chi connectivity index (χ1) is 10.1. The Kier molecular flexibility index (Phi) is 4.52. The molecule has 0 unspecified atom stereocenters. The topological polar surface area (TPSA) is 85.5 Å². The Morgan fingerprint density at radius 2 is 2.14 bits per heavy atom. The van der Waals surface area contributed by atoms with Crippen LogP contribution < -0.4 is 0 Å². The summed E-state index contributed by atoms with van der Waals surface area (Å²) in [5, 5.41) is 4.49. The van der Waals surface area contributed by atoms with Crippen molar-refractivity contribution in [2.24, 2.45) is 0 Å². The number of fused-ring (bicyclic) bond motifs is 1. The van der Waals surface area contributed by atoms with Crippen LogP contribution in [0.2, 0.25) is 0 Å². The van der Waals surface area contributed by atoms with Crippen LogP contribution in [0.1, 0.15) is 29.9 Å². The SMILES string of the molecule is CCOC(=O)CN(CC)C(=O)c1cnc2onc(C)c2c1. The third-order valence-corrected chi connectivity index (χ3v) is 3.05. The molecule has 0 atom stereocenters. The van der Waals surface area contributed by atoms with Crippen molar-refractivity contribution >= 4 is 23.0 Å². The largest absolute Gasteiger partial charge is 0.465 e. The van der Waals surface area contributed by atoms with Gasteiger partial charge in [0.25, 0.3) is 11.6 Å². The minimum atomic E-state index is -0.428. The van der Waals surface area contributed by atoms with Gasteiger partial charge in [-0.25, -0.2) is 4.98 Å². The van der Waals surface area contributed by atoms with E-state index in [4.69, 9.17) is 9.26 Å². The molecule has 0 N–H and O–H groups in total. The number of nitrogens with zero attached hydrogens (tertiary/aromatic N) is 3. The molecule has 0 saturated carbocycles. The van der Waals surface area contributed by atoms with Crippen LogP contribution >= 0.6 is 0 Å². The molecule has 0 saturated heterocycles. The second-order valence-corrected chi connectivity index (χ2v) is 4.47. The van der Waals surface area contributed by atoms with E-state index in [1.165, 1.54) is 11.1 Å². The average Bonchev–Trinajstić information content (AvgIpc) is 2.85. The van der Waals surface area contributed by atoms with Gasteiger partial charge in [-0.1, -0.05) is 5.16 Å². The Labute approximate surface area is 121 Å². The van der Waals surface area contributed by atoms with Gasteiger partial charge in [0.1, 0.15) is 6.54 Å². The summed E-state index contributed by atoms with van der Waals surface area (Å²) in [7, 11) is 0. The van der Waals surface area contributed by atoms with Gasteiger partial charge in [0.2, 0.25) is 0 Å². The molecule has 1 amide bonds. The number of ether oxygens (including phenoxy) is 1. The van der Waals surface area contributed by atoms with Gasteiger partial charge in [-0.2, -0.15) is 0 Å². The summed E-state index contributed by atoms with van der Waals surface area (Å²) in [6.07, 6.45) is 1.42. The second-order valence-electron chi connectivity index (χ2n) is 4.47. The van der Waals surface area contributed by atoms with Gasteiger partial charge in [0.15, 0.2) is 0 Å². The van der Waals surface area contributed by atoms with Crippen molar-refractivity contribution in [2.45, 2.75) is 20.8 Å². The standard InChI is InChI=1S/C14H17N3O4/c1-4-17(8-12(18)20-5-2)14(19)10-6-11-9(3)16-21-13(11)15-7-10/h6-7H,4-5,8H2,1-3H3. The van der Waals surface area contributed by atoms with Gasteiger partial charge in [0.05, 0.1) is 23.3 Å². The monoisotopic (exact) mass is 291 g/mol. The summed E-state index contributed by atoms with van der Waals surface area (Å²) in [6.45, 7) is 5.91. The highest BCUT2D eigenvalue weighted by Gasteiger charge is 2.19. The van der Waals surface area contributed by atoms with Crippen LogP contribution in [0.15, 0.2) is 16.8 Å². The molecular formula is C14H17N3O4. The maximum absolute atomic E-state index is 12.4. The number of hydrogen-bond donors (Lipinski definition) is 0. The van der Waals surface area contributed by atoms with Gasteiger partial charge in [0, 0.05) is 12.7 Å². The van der Waals surface area contributed by atoms with E-state index in [2.05, 4.69) is 10.1 Å². The first-order valence-electron chi connectivity index (χ1n) is 6.73. The van der Waals surface area contributed by atoms with Crippen molar-refractivity contribution in [3.8, 4) is 0 Å². The molecule has 2 aromatic heterocycles. The highest BCUT2D eigenvalue weighted by atomic mass is 16.5. The van der Waals surface area contributed by atoms with Crippen LogP contribution in [0.25, 0.3) is 11.1 Å². The zero-order valence-corrected chi connectivity index (χ0v) is 12.3. The molecule has 112 valence electrons. The van der Waals surface area contributed by atoms with Crippen LogP contribution in [0, 0.1) is 6.92 Å². The predicted molar refractivity (Wildman–Crippen MR) is 74.8 cm³/mol. The molecule has 7 nitrogen and oxygen atoms in total. The Hall–Kier alpha value is -2.44. The van der Waals surface area contributed by atoms with Crippen LogP contribution in [0.4, 0.5) is 0 Å². The van der Waals surface area contributed by atoms with E-state index in [0.29, 0.717) is 28.9 Å². The Balaban J connectivity index is 2.22. The van der Waals surface area contributed by atoms with Crippen LogP contribution in [0.3, 0.4) is 0 Å². The highest BCUT2D eigenvalue weighted by Crippen LogP contribution is 2.17. The molecule has 2 rings (SSSR count). The lowest BCUT2D eigenvalue weighted by Gasteiger charge is -2.19. The van der Waals surface area contributed by atoms with Crippen molar-refractivity contribution < 1.29 is 18.8 Å². The number of likely N-dealkylation sites (N-methyl/N-ethyl adjacent to an activating group) is 1. The van der Waals surface area contributed by atoms with E-state index < -0.39 is 5.97 Å².